The van der Waals surface area contributed by atoms with E-state index in [1.165, 1.54) is 0 Å². The molecule has 0 aromatic rings. The molecule has 0 aliphatic rings. The van der Waals surface area contributed by atoms with E-state index < -0.39 is 0 Å². The molecule has 0 aliphatic heterocycles. The van der Waals surface area contributed by atoms with Crippen molar-refractivity contribution in [2.24, 2.45) is 5.73 Å². The molecule has 104 valence electrons. The first-order chi connectivity index (χ1) is 7.58. The highest BCUT2D eigenvalue weighted by Gasteiger charge is 2.20. The number of halogens is 1. The minimum atomic E-state index is -0.227. The van der Waals surface area contributed by atoms with Crippen molar-refractivity contribution in [2.45, 2.75) is 51.5 Å². The van der Waals surface area contributed by atoms with Crippen LogP contribution in [0.4, 0.5) is 0 Å². The summed E-state index contributed by atoms with van der Waals surface area (Å²) in [6.07, 6.45) is 6.61. The topological polar surface area (TPSA) is 55.1 Å². The summed E-state index contributed by atoms with van der Waals surface area (Å²) < 4.78 is 0. The van der Waals surface area contributed by atoms with Crippen LogP contribution in [0.2, 0.25) is 0 Å². The van der Waals surface area contributed by atoms with E-state index in [-0.39, 0.29) is 23.9 Å². The van der Waals surface area contributed by atoms with Gasteiger partial charge in [0.1, 0.15) is 0 Å². The number of hydrogen-bond acceptors (Lipinski definition) is 3. The lowest BCUT2D eigenvalue weighted by molar-refractivity contribution is -0.121. The van der Waals surface area contributed by atoms with Gasteiger partial charge in [0.05, 0.1) is 0 Å². The number of amides is 1. The van der Waals surface area contributed by atoms with Crippen LogP contribution in [-0.2, 0) is 4.79 Å². The molecule has 0 bridgehead atoms. The summed E-state index contributed by atoms with van der Waals surface area (Å²) in [5.74, 6) is 1.27. The number of carbonyl (C=O) groups is 1. The molecule has 5 heteroatoms. The van der Waals surface area contributed by atoms with Crippen molar-refractivity contribution >= 4 is 30.1 Å². The van der Waals surface area contributed by atoms with Crippen molar-refractivity contribution < 1.29 is 4.79 Å². The van der Waals surface area contributed by atoms with E-state index in [9.17, 15) is 4.79 Å². The second-order valence-corrected chi connectivity index (χ2v) is 5.28. The van der Waals surface area contributed by atoms with Gasteiger partial charge in [0.2, 0.25) is 5.91 Å². The maximum absolute atomic E-state index is 11.5. The van der Waals surface area contributed by atoms with E-state index in [2.05, 4.69) is 25.4 Å². The molecule has 0 aromatic heterocycles. The van der Waals surface area contributed by atoms with Crippen molar-refractivity contribution in [1.29, 1.82) is 0 Å². The van der Waals surface area contributed by atoms with E-state index >= 15 is 0 Å². The summed E-state index contributed by atoms with van der Waals surface area (Å²) in [6, 6.07) is 0. The Morgan fingerprint density at radius 2 is 1.88 bits per heavy atom. The first-order valence-electron chi connectivity index (χ1n) is 6.12. The third-order valence-corrected chi connectivity index (χ3v) is 3.75. The maximum atomic E-state index is 11.5. The number of carbonyl (C=O) groups excluding carboxylic acids is 1. The van der Waals surface area contributed by atoms with Gasteiger partial charge in [-0.1, -0.05) is 13.8 Å². The van der Waals surface area contributed by atoms with Crippen molar-refractivity contribution in [3.8, 4) is 0 Å². The molecule has 0 unspecified atom stereocenters. The molecular weight excluding hydrogens is 256 g/mol. The first kappa shape index (κ1) is 19.4. The van der Waals surface area contributed by atoms with E-state index in [0.717, 1.165) is 31.4 Å². The van der Waals surface area contributed by atoms with Gasteiger partial charge >= 0.3 is 0 Å². The second kappa shape index (κ2) is 11.2. The molecule has 0 saturated carbocycles. The summed E-state index contributed by atoms with van der Waals surface area (Å²) in [5, 5.41) is 2.93. The smallest absolute Gasteiger partial charge is 0.220 e. The van der Waals surface area contributed by atoms with Gasteiger partial charge in [-0.3, -0.25) is 4.79 Å². The number of nitrogens with one attached hydrogen (secondary N) is 1. The van der Waals surface area contributed by atoms with Crippen molar-refractivity contribution in [1.82, 2.24) is 5.32 Å². The molecule has 0 aliphatic carbocycles. The van der Waals surface area contributed by atoms with Crippen LogP contribution in [0.5, 0.6) is 0 Å². The Kier molecular flexibility index (Phi) is 12.8. The summed E-state index contributed by atoms with van der Waals surface area (Å²) >= 11 is 1.83. The van der Waals surface area contributed by atoms with Gasteiger partial charge in [0.15, 0.2) is 0 Å². The molecule has 0 spiro atoms. The lowest BCUT2D eigenvalue weighted by Gasteiger charge is -2.26. The van der Waals surface area contributed by atoms with Crippen LogP contribution in [0.1, 0.15) is 46.0 Å². The molecule has 3 nitrogen and oxygen atoms in total. The van der Waals surface area contributed by atoms with Gasteiger partial charge in [0, 0.05) is 18.5 Å². The molecule has 0 fully saturated rings. The molecule has 0 aromatic carbocycles. The van der Waals surface area contributed by atoms with Gasteiger partial charge in [-0.2, -0.15) is 11.8 Å². The Balaban J connectivity index is 0. The number of rotatable bonds is 9. The lowest BCUT2D eigenvalue weighted by atomic mass is 9.94. The maximum Gasteiger partial charge on any atom is 0.220 e. The van der Waals surface area contributed by atoms with Crippen LogP contribution in [0.3, 0.4) is 0 Å². The normalized spacial score (nSPS) is 10.8. The number of hydrogen-bond donors (Lipinski definition) is 2. The van der Waals surface area contributed by atoms with Gasteiger partial charge in [-0.15, -0.1) is 12.4 Å². The summed E-state index contributed by atoms with van der Waals surface area (Å²) in [4.78, 5) is 11.5. The average Bonchev–Trinajstić information content (AvgIpc) is 2.31. The summed E-state index contributed by atoms with van der Waals surface area (Å²) in [6.45, 7) is 4.73. The monoisotopic (exact) mass is 282 g/mol. The molecule has 0 atom stereocenters. The molecule has 0 saturated heterocycles. The highest BCUT2D eigenvalue weighted by molar-refractivity contribution is 7.98. The molecule has 0 radical (unpaired) electrons. The van der Waals surface area contributed by atoms with Crippen molar-refractivity contribution in [2.75, 3.05) is 18.6 Å². The third-order valence-electron chi connectivity index (χ3n) is 3.05. The Morgan fingerprint density at radius 1 is 1.29 bits per heavy atom. The fourth-order valence-corrected chi connectivity index (χ4v) is 1.89. The van der Waals surface area contributed by atoms with Gasteiger partial charge in [-0.05, 0) is 37.7 Å². The zero-order chi connectivity index (χ0) is 12.4. The fraction of sp³-hybridized carbons (Fsp3) is 0.917. The number of unbranched alkanes of at least 4 members (excludes halogenated alkanes) is 1. The van der Waals surface area contributed by atoms with Crippen LogP contribution < -0.4 is 11.1 Å². The summed E-state index contributed by atoms with van der Waals surface area (Å²) in [7, 11) is 0. The average molecular weight is 283 g/mol. The molecule has 0 heterocycles. The number of thioether (sulfide) groups is 1. The molecular formula is C12H27ClN2OS. The van der Waals surface area contributed by atoms with Crippen LogP contribution in [0.25, 0.3) is 0 Å². The zero-order valence-electron chi connectivity index (χ0n) is 11.3. The van der Waals surface area contributed by atoms with E-state index in [1.807, 2.05) is 11.8 Å². The molecule has 0 rings (SSSR count). The van der Waals surface area contributed by atoms with Gasteiger partial charge in [-0.25, -0.2) is 0 Å². The summed E-state index contributed by atoms with van der Waals surface area (Å²) in [5.41, 5.74) is 5.88. The minimum Gasteiger partial charge on any atom is -0.354 e. The largest absolute Gasteiger partial charge is 0.354 e. The van der Waals surface area contributed by atoms with E-state index in [1.54, 1.807) is 0 Å². The lowest BCUT2D eigenvalue weighted by Crippen LogP contribution is -2.49. The van der Waals surface area contributed by atoms with Crippen LogP contribution in [-0.4, -0.2) is 30.0 Å². The number of nitrogens with two attached hydrogens (primary N) is 1. The van der Waals surface area contributed by atoms with Gasteiger partial charge < -0.3 is 11.1 Å². The Hall–Kier alpha value is 0.0700. The highest BCUT2D eigenvalue weighted by atomic mass is 35.5. The van der Waals surface area contributed by atoms with Gasteiger partial charge in [0.25, 0.3) is 0 Å². The SMILES string of the molecule is CCC(N)(CC)CNC(=O)CCCCSC.Cl. The molecule has 17 heavy (non-hydrogen) atoms. The Morgan fingerprint density at radius 3 is 2.35 bits per heavy atom. The Bertz CT molecular complexity index is 199. The minimum absolute atomic E-state index is 0. The zero-order valence-corrected chi connectivity index (χ0v) is 12.9. The fourth-order valence-electron chi connectivity index (χ4n) is 1.39. The molecule has 3 N–H and O–H groups in total. The third kappa shape index (κ3) is 9.74. The standard InChI is InChI=1S/C12H26N2OS.ClH/c1-4-12(13,5-2)10-14-11(15)8-6-7-9-16-3;/h4-10,13H2,1-3H3,(H,14,15);1H. The van der Waals surface area contributed by atoms with Crippen molar-refractivity contribution in [3.05, 3.63) is 0 Å². The van der Waals surface area contributed by atoms with Crippen LogP contribution in [0, 0.1) is 0 Å². The predicted octanol–water partition coefficient (Wildman–Crippen LogP) is 2.58. The van der Waals surface area contributed by atoms with Crippen LogP contribution in [0.15, 0.2) is 0 Å². The first-order valence-corrected chi connectivity index (χ1v) is 7.52. The van der Waals surface area contributed by atoms with E-state index in [0.29, 0.717) is 13.0 Å². The highest BCUT2D eigenvalue weighted by Crippen LogP contribution is 2.09. The molecule has 1 amide bonds. The van der Waals surface area contributed by atoms with Crippen LogP contribution >= 0.6 is 24.2 Å². The Labute approximate surface area is 116 Å². The predicted molar refractivity (Wildman–Crippen MR) is 80.0 cm³/mol. The van der Waals surface area contributed by atoms with E-state index in [4.69, 9.17) is 5.73 Å². The second-order valence-electron chi connectivity index (χ2n) is 4.30. The van der Waals surface area contributed by atoms with Crippen molar-refractivity contribution in [3.63, 3.8) is 0 Å². The quantitative estimate of drug-likeness (QED) is 0.639.